The first-order valence-corrected chi connectivity index (χ1v) is 10.4. The minimum atomic E-state index is -0.890. The Balaban J connectivity index is 1.45. The molecule has 2 aromatic heterocycles. The largest absolute Gasteiger partial charge is 0.385 e. The predicted molar refractivity (Wildman–Crippen MR) is 109 cm³/mol. The highest BCUT2D eigenvalue weighted by molar-refractivity contribution is 5.95. The summed E-state index contributed by atoms with van der Waals surface area (Å²) in [5, 5.41) is 22.8. The number of hydrogen-bond donors (Lipinski definition) is 1. The van der Waals surface area contributed by atoms with E-state index in [1.54, 1.807) is 18.3 Å². The van der Waals surface area contributed by atoms with Crippen molar-refractivity contribution in [1.29, 1.82) is 0 Å². The van der Waals surface area contributed by atoms with Crippen LogP contribution in [0.2, 0.25) is 0 Å². The maximum Gasteiger partial charge on any atom is 0.254 e. The highest BCUT2D eigenvalue weighted by Gasteiger charge is 2.50. The number of pyridine rings is 1. The van der Waals surface area contributed by atoms with Gasteiger partial charge in [0.1, 0.15) is 6.33 Å². The van der Waals surface area contributed by atoms with E-state index < -0.39 is 5.60 Å². The third-order valence-corrected chi connectivity index (χ3v) is 6.59. The molecule has 1 saturated heterocycles. The number of tetrazole rings is 1. The summed E-state index contributed by atoms with van der Waals surface area (Å²) in [5.41, 5.74) is 0.628. The predicted octanol–water partition coefficient (Wildman–Crippen LogP) is 2.35. The van der Waals surface area contributed by atoms with Gasteiger partial charge in [-0.05, 0) is 47.4 Å². The van der Waals surface area contributed by atoms with Crippen LogP contribution in [0.3, 0.4) is 0 Å². The number of piperidine rings is 1. The normalized spacial score (nSPS) is 26.2. The summed E-state index contributed by atoms with van der Waals surface area (Å²) in [5.74, 6) is 0.509. The van der Waals surface area contributed by atoms with Crippen LogP contribution in [0.1, 0.15) is 48.0 Å². The van der Waals surface area contributed by atoms with Crippen LogP contribution in [0.4, 0.5) is 0 Å². The third-order valence-electron chi connectivity index (χ3n) is 6.59. The zero-order valence-electron chi connectivity index (χ0n) is 16.6. The Kier molecular flexibility index (Phi) is 4.78. The van der Waals surface area contributed by atoms with E-state index in [1.807, 2.05) is 35.2 Å². The second-order valence-corrected chi connectivity index (χ2v) is 8.15. The number of carbonyl (C=O) groups is 1. The van der Waals surface area contributed by atoms with E-state index in [-0.39, 0.29) is 17.9 Å². The van der Waals surface area contributed by atoms with E-state index >= 15 is 0 Å². The van der Waals surface area contributed by atoms with Crippen molar-refractivity contribution < 1.29 is 9.90 Å². The topological polar surface area (TPSA) is 97.0 Å². The lowest BCUT2D eigenvalue weighted by atomic mass is 9.66. The summed E-state index contributed by atoms with van der Waals surface area (Å²) >= 11 is 0. The van der Waals surface area contributed by atoms with Gasteiger partial charge in [0.05, 0.1) is 5.60 Å². The summed E-state index contributed by atoms with van der Waals surface area (Å²) in [4.78, 5) is 19.7. The number of likely N-dealkylation sites (tertiary alicyclic amines) is 1. The van der Waals surface area contributed by atoms with E-state index in [0.29, 0.717) is 24.3 Å². The molecule has 2 aliphatic rings. The molecule has 0 radical (unpaired) electrons. The summed E-state index contributed by atoms with van der Waals surface area (Å²) in [6, 6.07) is 13.4. The first-order valence-electron chi connectivity index (χ1n) is 10.4. The lowest BCUT2D eigenvalue weighted by Crippen LogP contribution is -2.59. The van der Waals surface area contributed by atoms with E-state index in [4.69, 9.17) is 0 Å². The van der Waals surface area contributed by atoms with Crippen LogP contribution in [0, 0.1) is 5.92 Å². The van der Waals surface area contributed by atoms with E-state index in [2.05, 4.69) is 20.5 Å². The first kappa shape index (κ1) is 18.9. The van der Waals surface area contributed by atoms with Gasteiger partial charge in [-0.3, -0.25) is 4.79 Å². The van der Waals surface area contributed by atoms with Crippen LogP contribution in [-0.2, 0) is 5.60 Å². The van der Waals surface area contributed by atoms with Crippen LogP contribution in [0.5, 0.6) is 0 Å². The molecule has 1 N–H and O–H groups in total. The van der Waals surface area contributed by atoms with E-state index in [1.165, 1.54) is 11.0 Å². The summed E-state index contributed by atoms with van der Waals surface area (Å²) < 4.78 is 1.44. The Hall–Kier alpha value is -3.13. The summed E-state index contributed by atoms with van der Waals surface area (Å²) in [7, 11) is 0. The van der Waals surface area contributed by atoms with Crippen molar-refractivity contribution >= 4 is 5.91 Å². The van der Waals surface area contributed by atoms with Gasteiger partial charge >= 0.3 is 0 Å². The lowest BCUT2D eigenvalue weighted by molar-refractivity contribution is -0.110. The average Bonchev–Trinajstić information content (AvgIpc) is 3.35. The Morgan fingerprint density at radius 2 is 1.97 bits per heavy atom. The van der Waals surface area contributed by atoms with Crippen molar-refractivity contribution in [2.24, 2.45) is 5.92 Å². The van der Waals surface area contributed by atoms with E-state index in [9.17, 15) is 9.90 Å². The molecule has 0 unspecified atom stereocenters. The van der Waals surface area contributed by atoms with Crippen molar-refractivity contribution in [3.8, 4) is 5.82 Å². The highest BCUT2D eigenvalue weighted by Crippen LogP contribution is 2.47. The van der Waals surface area contributed by atoms with Crippen LogP contribution in [0.25, 0.3) is 5.82 Å². The molecule has 0 bridgehead atoms. The molecule has 8 nitrogen and oxygen atoms in total. The van der Waals surface area contributed by atoms with Crippen LogP contribution < -0.4 is 0 Å². The average molecular weight is 404 g/mol. The number of rotatable bonds is 3. The maximum atomic E-state index is 13.5. The van der Waals surface area contributed by atoms with Gasteiger partial charge in [0, 0.05) is 30.3 Å². The number of aliphatic hydroxyl groups is 1. The Bertz CT molecular complexity index is 1030. The van der Waals surface area contributed by atoms with Crippen molar-refractivity contribution in [3.63, 3.8) is 0 Å². The number of aromatic nitrogens is 5. The molecule has 8 heteroatoms. The fourth-order valence-electron chi connectivity index (χ4n) is 5.13. The van der Waals surface area contributed by atoms with Gasteiger partial charge in [0.15, 0.2) is 5.82 Å². The molecule has 3 aromatic rings. The SMILES string of the molecule is O=C(c1ccnc(-n2cnnn2)c1)N1CC[C@](O)(c2ccccc2)[C@H]2CCCC[C@H]21. The molecule has 1 aliphatic heterocycles. The van der Waals surface area contributed by atoms with Gasteiger partial charge in [-0.25, -0.2) is 4.98 Å². The molecule has 1 aromatic carbocycles. The molecule has 5 rings (SSSR count). The molecule has 1 aliphatic carbocycles. The van der Waals surface area contributed by atoms with Crippen molar-refractivity contribution in [2.45, 2.75) is 43.7 Å². The summed E-state index contributed by atoms with van der Waals surface area (Å²) in [6.07, 6.45) is 7.58. The number of hydrogen-bond acceptors (Lipinski definition) is 6. The van der Waals surface area contributed by atoms with Crippen molar-refractivity contribution in [2.75, 3.05) is 6.54 Å². The smallest absolute Gasteiger partial charge is 0.254 e. The molecule has 1 amide bonds. The molecule has 3 heterocycles. The second-order valence-electron chi connectivity index (χ2n) is 8.15. The number of amides is 1. The van der Waals surface area contributed by atoms with Crippen LogP contribution in [0.15, 0.2) is 55.0 Å². The molecule has 154 valence electrons. The van der Waals surface area contributed by atoms with Gasteiger partial charge in [0.25, 0.3) is 5.91 Å². The highest BCUT2D eigenvalue weighted by atomic mass is 16.3. The van der Waals surface area contributed by atoms with Gasteiger partial charge in [-0.1, -0.05) is 43.2 Å². The lowest BCUT2D eigenvalue weighted by Gasteiger charge is -2.52. The van der Waals surface area contributed by atoms with Crippen molar-refractivity contribution in [1.82, 2.24) is 30.1 Å². The number of nitrogens with zero attached hydrogens (tertiary/aromatic N) is 6. The molecular weight excluding hydrogens is 380 g/mol. The summed E-state index contributed by atoms with van der Waals surface area (Å²) in [6.45, 7) is 0.522. The van der Waals surface area contributed by atoms with Gasteiger partial charge in [0.2, 0.25) is 0 Å². The Morgan fingerprint density at radius 1 is 1.13 bits per heavy atom. The fourth-order valence-corrected chi connectivity index (χ4v) is 5.13. The number of benzene rings is 1. The van der Waals surface area contributed by atoms with Crippen LogP contribution in [-0.4, -0.2) is 53.7 Å². The van der Waals surface area contributed by atoms with E-state index in [0.717, 1.165) is 31.2 Å². The molecule has 1 saturated carbocycles. The molecule has 30 heavy (non-hydrogen) atoms. The Labute approximate surface area is 174 Å². The second kappa shape index (κ2) is 7.60. The molecule has 3 atom stereocenters. The first-order chi connectivity index (χ1) is 14.7. The standard InChI is InChI=1S/C22H24N6O2/c29-21(16-10-12-23-20(14-16)28-15-24-25-26-28)27-13-11-22(30,17-6-2-1-3-7-17)18-8-4-5-9-19(18)27/h1-3,6-7,10,12,14-15,18-19,30H,4-5,8-9,11,13H2/t18-,19+,22-/m0/s1. The molecule has 2 fully saturated rings. The fraction of sp³-hybridized carbons (Fsp3) is 0.409. The van der Waals surface area contributed by atoms with Gasteiger partial charge in [-0.15, -0.1) is 5.10 Å². The Morgan fingerprint density at radius 3 is 2.77 bits per heavy atom. The zero-order chi connectivity index (χ0) is 20.6. The third kappa shape index (κ3) is 3.17. The monoisotopic (exact) mass is 404 g/mol. The molecule has 0 spiro atoms. The minimum Gasteiger partial charge on any atom is -0.385 e. The van der Waals surface area contributed by atoms with Gasteiger partial charge in [-0.2, -0.15) is 4.68 Å². The van der Waals surface area contributed by atoms with Gasteiger partial charge < -0.3 is 10.0 Å². The quantitative estimate of drug-likeness (QED) is 0.720. The zero-order valence-corrected chi connectivity index (χ0v) is 16.6. The maximum absolute atomic E-state index is 13.5. The number of fused-ring (bicyclic) bond motifs is 1. The van der Waals surface area contributed by atoms with Crippen LogP contribution >= 0.6 is 0 Å². The van der Waals surface area contributed by atoms with Crippen molar-refractivity contribution in [3.05, 3.63) is 66.1 Å². The number of carbonyl (C=O) groups excluding carboxylic acids is 1. The minimum absolute atomic E-state index is 0.0230. The molecular formula is C22H24N6O2.